The molecule has 0 bridgehead atoms. The van der Waals surface area contributed by atoms with Crippen LogP contribution in [0.1, 0.15) is 12.5 Å². The number of hydrogen-bond donors (Lipinski definition) is 0. The zero-order valence-electron chi connectivity index (χ0n) is 16.6. The van der Waals surface area contributed by atoms with E-state index in [0.29, 0.717) is 13.2 Å². The second-order valence-electron chi connectivity index (χ2n) is 7.36. The molecule has 6 nitrogen and oxygen atoms in total. The zero-order chi connectivity index (χ0) is 20.0. The number of aromatic nitrogens is 2. The van der Waals surface area contributed by atoms with E-state index in [1.54, 1.807) is 18.1 Å². The number of para-hydroxylation sites is 1. The third kappa shape index (κ3) is 3.15. The van der Waals surface area contributed by atoms with Crippen LogP contribution in [0.25, 0.3) is 0 Å². The summed E-state index contributed by atoms with van der Waals surface area (Å²) in [6, 6.07) is 16.8. The van der Waals surface area contributed by atoms with Crippen molar-refractivity contribution in [2.24, 2.45) is 0 Å². The first-order chi connectivity index (χ1) is 14.0. The predicted molar refractivity (Wildman–Crippen MR) is 114 cm³/mol. The van der Waals surface area contributed by atoms with Gasteiger partial charge in [0, 0.05) is 35.5 Å². The Balaban J connectivity index is 1.69. The Morgan fingerprint density at radius 2 is 1.72 bits per heavy atom. The van der Waals surface area contributed by atoms with Gasteiger partial charge in [-0.05, 0) is 31.2 Å². The van der Waals surface area contributed by atoms with E-state index in [4.69, 9.17) is 9.47 Å². The third-order valence-electron chi connectivity index (χ3n) is 5.21. The van der Waals surface area contributed by atoms with E-state index in [2.05, 4.69) is 57.3 Å². The molecule has 0 N–H and O–H groups in total. The van der Waals surface area contributed by atoms with Crippen LogP contribution in [0.3, 0.4) is 0 Å². The van der Waals surface area contributed by atoms with Crippen molar-refractivity contribution in [3.8, 4) is 0 Å². The van der Waals surface area contributed by atoms with Gasteiger partial charge in [0.05, 0.1) is 24.6 Å². The Morgan fingerprint density at radius 1 is 0.966 bits per heavy atom. The minimum atomic E-state index is -0.719. The van der Waals surface area contributed by atoms with Crippen molar-refractivity contribution in [3.63, 3.8) is 0 Å². The Hall–Kier alpha value is -2.61. The quantitative estimate of drug-likeness (QED) is 0.489. The molecule has 0 spiro atoms. The first kappa shape index (κ1) is 18.4. The van der Waals surface area contributed by atoms with Gasteiger partial charge in [0.2, 0.25) is 0 Å². The van der Waals surface area contributed by atoms with Crippen molar-refractivity contribution < 1.29 is 9.47 Å². The predicted octanol–water partition coefficient (Wildman–Crippen LogP) is 4.70. The van der Waals surface area contributed by atoms with Gasteiger partial charge in [-0.15, -0.1) is 0 Å². The SMILES string of the molecule is CN(C)c1cc(N2c3ccccc3Sc3ccc(C4(C)OCCO4)cc32)ncn1. The number of fused-ring (bicyclic) bond motifs is 2. The van der Waals surface area contributed by atoms with Gasteiger partial charge in [0.1, 0.15) is 18.0 Å². The molecule has 1 fully saturated rings. The molecule has 3 aromatic rings. The number of nitrogens with zero attached hydrogens (tertiary/aromatic N) is 4. The van der Waals surface area contributed by atoms with Gasteiger partial charge in [-0.25, -0.2) is 9.97 Å². The van der Waals surface area contributed by atoms with Gasteiger partial charge in [0.15, 0.2) is 5.79 Å². The minimum absolute atomic E-state index is 0.604. The van der Waals surface area contributed by atoms with Gasteiger partial charge < -0.3 is 14.4 Å². The van der Waals surface area contributed by atoms with Crippen molar-refractivity contribution in [3.05, 3.63) is 60.4 Å². The molecule has 1 aromatic heterocycles. The second kappa shape index (κ2) is 7.02. The first-order valence-corrected chi connectivity index (χ1v) is 10.4. The van der Waals surface area contributed by atoms with Crippen LogP contribution in [0.5, 0.6) is 0 Å². The zero-order valence-corrected chi connectivity index (χ0v) is 17.4. The maximum atomic E-state index is 5.90. The molecule has 0 unspecified atom stereocenters. The third-order valence-corrected chi connectivity index (χ3v) is 6.34. The summed E-state index contributed by atoms with van der Waals surface area (Å²) >= 11 is 1.76. The average molecular weight is 407 g/mol. The van der Waals surface area contributed by atoms with Crippen LogP contribution in [0.2, 0.25) is 0 Å². The fourth-order valence-corrected chi connectivity index (χ4v) is 4.71. The topological polar surface area (TPSA) is 50.7 Å². The summed E-state index contributed by atoms with van der Waals surface area (Å²) in [6.45, 7) is 3.19. The Bertz CT molecular complexity index is 1070. The molecule has 0 saturated carbocycles. The Kier molecular flexibility index (Phi) is 4.46. The lowest BCUT2D eigenvalue weighted by molar-refractivity contribution is -0.149. The van der Waals surface area contributed by atoms with Gasteiger partial charge in [0.25, 0.3) is 0 Å². The molecule has 2 aromatic carbocycles. The standard InChI is InChI=1S/C22H22N4O2S/c1-22(27-10-11-28-22)15-8-9-19-17(12-15)26(16-6-4-5-7-18(16)29-19)21-13-20(25(2)3)23-14-24-21/h4-9,12-14H,10-11H2,1-3H3. The Labute approximate surface area is 174 Å². The fraction of sp³-hybridized carbons (Fsp3) is 0.273. The average Bonchev–Trinajstić information content (AvgIpc) is 3.19. The molecule has 2 aliphatic heterocycles. The molecule has 0 amide bonds. The van der Waals surface area contributed by atoms with Crippen LogP contribution in [0, 0.1) is 0 Å². The minimum Gasteiger partial charge on any atom is -0.363 e. The summed E-state index contributed by atoms with van der Waals surface area (Å²) in [5.74, 6) is 0.967. The van der Waals surface area contributed by atoms with Crippen LogP contribution >= 0.6 is 11.8 Å². The van der Waals surface area contributed by atoms with Crippen LogP contribution < -0.4 is 9.80 Å². The molecule has 0 atom stereocenters. The second-order valence-corrected chi connectivity index (χ2v) is 8.44. The maximum absolute atomic E-state index is 5.90. The largest absolute Gasteiger partial charge is 0.363 e. The molecule has 3 heterocycles. The monoisotopic (exact) mass is 406 g/mol. The number of benzene rings is 2. The smallest absolute Gasteiger partial charge is 0.192 e. The normalized spacial score (nSPS) is 17.0. The Morgan fingerprint density at radius 3 is 2.52 bits per heavy atom. The lowest BCUT2D eigenvalue weighted by atomic mass is 10.1. The van der Waals surface area contributed by atoms with E-state index in [9.17, 15) is 0 Å². The fourth-order valence-electron chi connectivity index (χ4n) is 3.67. The lowest BCUT2D eigenvalue weighted by Crippen LogP contribution is -2.24. The van der Waals surface area contributed by atoms with Crippen molar-refractivity contribution in [2.45, 2.75) is 22.5 Å². The van der Waals surface area contributed by atoms with Crippen LogP contribution in [-0.4, -0.2) is 37.3 Å². The highest BCUT2D eigenvalue weighted by Crippen LogP contribution is 2.52. The van der Waals surface area contributed by atoms with Crippen molar-refractivity contribution in [1.29, 1.82) is 0 Å². The van der Waals surface area contributed by atoms with Crippen LogP contribution in [0.4, 0.5) is 23.0 Å². The van der Waals surface area contributed by atoms with Crippen molar-refractivity contribution in [2.75, 3.05) is 37.1 Å². The summed E-state index contributed by atoms with van der Waals surface area (Å²) < 4.78 is 11.8. The summed E-state index contributed by atoms with van der Waals surface area (Å²) in [5, 5.41) is 0. The van der Waals surface area contributed by atoms with Crippen LogP contribution in [0.15, 0.2) is 64.6 Å². The molecule has 0 aliphatic carbocycles. The molecular weight excluding hydrogens is 384 g/mol. The van der Waals surface area contributed by atoms with Crippen molar-refractivity contribution >= 4 is 34.8 Å². The number of hydrogen-bond acceptors (Lipinski definition) is 7. The van der Waals surface area contributed by atoms with E-state index in [0.717, 1.165) is 28.6 Å². The summed E-state index contributed by atoms with van der Waals surface area (Å²) in [5.41, 5.74) is 3.17. The molecule has 0 radical (unpaired) electrons. The highest BCUT2D eigenvalue weighted by molar-refractivity contribution is 7.99. The van der Waals surface area contributed by atoms with E-state index < -0.39 is 5.79 Å². The van der Waals surface area contributed by atoms with E-state index in [-0.39, 0.29) is 0 Å². The molecule has 5 rings (SSSR count). The molecule has 7 heteroatoms. The van der Waals surface area contributed by atoms with Crippen molar-refractivity contribution in [1.82, 2.24) is 9.97 Å². The molecule has 29 heavy (non-hydrogen) atoms. The highest BCUT2D eigenvalue weighted by Gasteiger charge is 2.35. The van der Waals surface area contributed by atoms with E-state index >= 15 is 0 Å². The summed E-state index contributed by atoms with van der Waals surface area (Å²) in [4.78, 5) is 15.5. The molecule has 148 valence electrons. The lowest BCUT2D eigenvalue weighted by Gasteiger charge is -2.33. The summed E-state index contributed by atoms with van der Waals surface area (Å²) in [7, 11) is 3.96. The van der Waals surface area contributed by atoms with Gasteiger partial charge >= 0.3 is 0 Å². The van der Waals surface area contributed by atoms with E-state index in [1.807, 2.05) is 32.0 Å². The molecular formula is C22H22N4O2S. The summed E-state index contributed by atoms with van der Waals surface area (Å²) in [6.07, 6.45) is 1.61. The van der Waals surface area contributed by atoms with Gasteiger partial charge in [-0.2, -0.15) is 0 Å². The van der Waals surface area contributed by atoms with Gasteiger partial charge in [-0.3, -0.25) is 4.90 Å². The number of ether oxygens (including phenoxy) is 2. The number of anilines is 4. The molecule has 1 saturated heterocycles. The maximum Gasteiger partial charge on any atom is 0.192 e. The van der Waals surface area contributed by atoms with Gasteiger partial charge in [-0.1, -0.05) is 30.0 Å². The van der Waals surface area contributed by atoms with Crippen LogP contribution in [-0.2, 0) is 15.3 Å². The molecule has 2 aliphatic rings. The van der Waals surface area contributed by atoms with E-state index in [1.165, 1.54) is 9.79 Å². The first-order valence-electron chi connectivity index (χ1n) is 9.54. The number of rotatable bonds is 3. The highest BCUT2D eigenvalue weighted by atomic mass is 32.2.